The minimum Gasteiger partial charge on any atom is -0.478 e. The fourth-order valence-corrected chi connectivity index (χ4v) is 1.92. The van der Waals surface area contributed by atoms with Crippen LogP contribution in [0.2, 0.25) is 0 Å². The second kappa shape index (κ2) is 4.97. The van der Waals surface area contributed by atoms with Crippen LogP contribution in [0.5, 0.6) is 0 Å². The van der Waals surface area contributed by atoms with Crippen molar-refractivity contribution in [2.75, 3.05) is 0 Å². The smallest absolute Gasteiger partial charge is 0.337 e. The number of hydrogen-bond donors (Lipinski definition) is 1. The van der Waals surface area contributed by atoms with Gasteiger partial charge in [0, 0.05) is 19.3 Å². The van der Waals surface area contributed by atoms with Gasteiger partial charge in [0.15, 0.2) is 5.03 Å². The number of nitrogens with zero attached hydrogens (tertiary/aromatic N) is 6. The Labute approximate surface area is 109 Å². The average Bonchev–Trinajstić information content (AvgIpc) is 2.75. The number of tetrazole rings is 1. The monoisotopic (exact) mass is 282 g/mol. The summed E-state index contributed by atoms with van der Waals surface area (Å²) < 4.78 is 1.32. The van der Waals surface area contributed by atoms with Crippen molar-refractivity contribution >= 4 is 23.4 Å². The lowest BCUT2D eigenvalue weighted by Crippen LogP contribution is -2.02. The predicted molar refractivity (Wildman–Crippen MR) is 60.8 cm³/mol. The third-order valence-corrected chi connectivity index (χ3v) is 3.08. The van der Waals surface area contributed by atoms with Crippen LogP contribution in [0, 0.1) is 10.1 Å². The highest BCUT2D eigenvalue weighted by Crippen LogP contribution is 2.31. The molecular formula is C8H6N6O4S. The van der Waals surface area contributed by atoms with E-state index in [2.05, 4.69) is 20.5 Å². The van der Waals surface area contributed by atoms with Gasteiger partial charge in [-0.05, 0) is 22.2 Å². The van der Waals surface area contributed by atoms with Crippen LogP contribution in [0.15, 0.2) is 22.4 Å². The van der Waals surface area contributed by atoms with Crippen molar-refractivity contribution in [3.63, 3.8) is 0 Å². The molecule has 0 saturated heterocycles. The first-order valence-corrected chi connectivity index (χ1v) is 5.58. The third-order valence-electron chi connectivity index (χ3n) is 2.05. The standard InChI is InChI=1S/C8H6N6O4S/c1-13-8(10-11-12-13)19-6-5(14(17)18)2-4(3-9-6)7(15)16/h2-3H,1H3,(H,15,16). The van der Waals surface area contributed by atoms with Gasteiger partial charge in [0.05, 0.1) is 10.5 Å². The molecule has 0 saturated carbocycles. The van der Waals surface area contributed by atoms with Gasteiger partial charge in [0.2, 0.25) is 5.16 Å². The number of aryl methyl sites for hydroxylation is 1. The summed E-state index contributed by atoms with van der Waals surface area (Å²) in [5, 5.41) is 30.6. The molecule has 0 aliphatic heterocycles. The van der Waals surface area contributed by atoms with Crippen LogP contribution in [0.25, 0.3) is 0 Å². The number of carboxylic acids is 1. The van der Waals surface area contributed by atoms with Gasteiger partial charge in [-0.1, -0.05) is 0 Å². The van der Waals surface area contributed by atoms with E-state index >= 15 is 0 Å². The van der Waals surface area contributed by atoms with Crippen molar-refractivity contribution < 1.29 is 14.8 Å². The summed E-state index contributed by atoms with van der Waals surface area (Å²) in [5.41, 5.74) is -0.667. The van der Waals surface area contributed by atoms with E-state index < -0.39 is 16.6 Å². The van der Waals surface area contributed by atoms with Crippen LogP contribution >= 0.6 is 11.8 Å². The van der Waals surface area contributed by atoms with Crippen molar-refractivity contribution in [1.82, 2.24) is 25.2 Å². The molecule has 0 radical (unpaired) electrons. The molecule has 0 spiro atoms. The van der Waals surface area contributed by atoms with Gasteiger partial charge in [0.1, 0.15) is 0 Å². The Hall–Kier alpha value is -2.56. The molecule has 2 heterocycles. The highest BCUT2D eigenvalue weighted by atomic mass is 32.2. The molecule has 0 atom stereocenters. The van der Waals surface area contributed by atoms with Crippen LogP contribution < -0.4 is 0 Å². The second-order valence-electron chi connectivity index (χ2n) is 3.30. The van der Waals surface area contributed by atoms with E-state index in [9.17, 15) is 14.9 Å². The SMILES string of the molecule is Cn1nnnc1Sc1ncc(C(=O)O)cc1[N+](=O)[O-]. The van der Waals surface area contributed by atoms with Crippen molar-refractivity contribution in [2.24, 2.45) is 7.05 Å². The molecule has 0 bridgehead atoms. The molecule has 0 aliphatic carbocycles. The Morgan fingerprint density at radius 1 is 1.58 bits per heavy atom. The maximum absolute atomic E-state index is 10.9. The van der Waals surface area contributed by atoms with Crippen molar-refractivity contribution in [1.29, 1.82) is 0 Å². The Morgan fingerprint density at radius 3 is 2.84 bits per heavy atom. The quantitative estimate of drug-likeness (QED) is 0.622. The Morgan fingerprint density at radius 2 is 2.32 bits per heavy atom. The first-order valence-electron chi connectivity index (χ1n) is 4.77. The number of nitro groups is 1. The van der Waals surface area contributed by atoms with Gasteiger partial charge < -0.3 is 5.11 Å². The highest BCUT2D eigenvalue weighted by Gasteiger charge is 2.21. The Kier molecular flexibility index (Phi) is 3.37. The van der Waals surface area contributed by atoms with Crippen LogP contribution in [0.3, 0.4) is 0 Å². The number of hydrogen-bond acceptors (Lipinski definition) is 8. The molecule has 2 aromatic rings. The van der Waals surface area contributed by atoms with E-state index in [1.165, 1.54) is 4.68 Å². The van der Waals surface area contributed by atoms with E-state index in [0.29, 0.717) is 5.16 Å². The largest absolute Gasteiger partial charge is 0.478 e. The molecule has 2 aromatic heterocycles. The fourth-order valence-electron chi connectivity index (χ4n) is 1.16. The van der Waals surface area contributed by atoms with Crippen LogP contribution in [0.4, 0.5) is 5.69 Å². The molecule has 0 aliphatic rings. The first kappa shape index (κ1) is 12.9. The molecule has 10 nitrogen and oxygen atoms in total. The number of aromatic carboxylic acids is 1. The van der Waals surface area contributed by atoms with Crippen LogP contribution in [0.1, 0.15) is 10.4 Å². The summed E-state index contributed by atoms with van der Waals surface area (Å²) in [5.74, 6) is -1.28. The lowest BCUT2D eigenvalue weighted by molar-refractivity contribution is -0.388. The van der Waals surface area contributed by atoms with Crippen molar-refractivity contribution in [3.8, 4) is 0 Å². The molecule has 0 aromatic carbocycles. The maximum atomic E-state index is 10.9. The van der Waals surface area contributed by atoms with E-state index in [1.54, 1.807) is 7.05 Å². The topological polar surface area (TPSA) is 137 Å². The molecule has 19 heavy (non-hydrogen) atoms. The average molecular weight is 282 g/mol. The Balaban J connectivity index is 2.43. The molecule has 2 rings (SSSR count). The molecule has 0 unspecified atom stereocenters. The molecule has 1 N–H and O–H groups in total. The van der Waals surface area contributed by atoms with Crippen molar-refractivity contribution in [3.05, 3.63) is 27.9 Å². The maximum Gasteiger partial charge on any atom is 0.337 e. The third kappa shape index (κ3) is 2.65. The summed E-state index contributed by atoms with van der Waals surface area (Å²) in [6.07, 6.45) is 1.04. The van der Waals surface area contributed by atoms with E-state index in [1.807, 2.05) is 0 Å². The Bertz CT molecular complexity index is 656. The molecule has 0 amide bonds. The normalized spacial score (nSPS) is 10.4. The van der Waals surface area contributed by atoms with Gasteiger partial charge >= 0.3 is 11.7 Å². The lowest BCUT2D eigenvalue weighted by atomic mass is 10.3. The van der Waals surface area contributed by atoms with Crippen molar-refractivity contribution in [2.45, 2.75) is 10.2 Å². The van der Waals surface area contributed by atoms with E-state index in [4.69, 9.17) is 5.11 Å². The summed E-state index contributed by atoms with van der Waals surface area (Å²) in [4.78, 5) is 24.7. The minimum absolute atomic E-state index is 0.0212. The number of pyridine rings is 1. The fraction of sp³-hybridized carbons (Fsp3) is 0.125. The zero-order valence-electron chi connectivity index (χ0n) is 9.42. The van der Waals surface area contributed by atoms with Crippen LogP contribution in [-0.4, -0.2) is 41.2 Å². The predicted octanol–water partition coefficient (Wildman–Crippen LogP) is 0.363. The van der Waals surface area contributed by atoms with E-state index in [-0.39, 0.29) is 10.6 Å². The molecule has 11 heteroatoms. The van der Waals surface area contributed by atoms with Gasteiger partial charge in [-0.3, -0.25) is 10.1 Å². The molecule has 0 fully saturated rings. The number of rotatable bonds is 4. The zero-order chi connectivity index (χ0) is 14.0. The van der Waals surface area contributed by atoms with Gasteiger partial charge in [-0.2, -0.15) is 0 Å². The minimum atomic E-state index is -1.28. The van der Waals surface area contributed by atoms with E-state index in [0.717, 1.165) is 24.0 Å². The molecular weight excluding hydrogens is 276 g/mol. The number of carboxylic acid groups (broad SMARTS) is 1. The van der Waals surface area contributed by atoms with Gasteiger partial charge in [0.25, 0.3) is 0 Å². The lowest BCUT2D eigenvalue weighted by Gasteiger charge is -2.01. The number of carbonyl (C=O) groups is 1. The summed E-state index contributed by atoms with van der Waals surface area (Å²) in [6, 6.07) is 0.946. The molecule has 98 valence electrons. The summed E-state index contributed by atoms with van der Waals surface area (Å²) in [6.45, 7) is 0. The zero-order valence-corrected chi connectivity index (χ0v) is 10.2. The highest BCUT2D eigenvalue weighted by molar-refractivity contribution is 7.99. The van der Waals surface area contributed by atoms with Gasteiger partial charge in [-0.15, -0.1) is 5.10 Å². The second-order valence-corrected chi connectivity index (χ2v) is 4.25. The summed E-state index contributed by atoms with van der Waals surface area (Å²) >= 11 is 0.877. The summed E-state index contributed by atoms with van der Waals surface area (Å²) in [7, 11) is 1.57. The number of aromatic nitrogens is 5. The van der Waals surface area contributed by atoms with Gasteiger partial charge in [-0.25, -0.2) is 14.5 Å². The van der Waals surface area contributed by atoms with Crippen LogP contribution in [-0.2, 0) is 7.05 Å². The first-order chi connectivity index (χ1) is 8.99.